The molecule has 0 saturated carbocycles. The predicted octanol–water partition coefficient (Wildman–Crippen LogP) is 5.56. The average molecular weight is 511 g/mol. The predicted molar refractivity (Wildman–Crippen MR) is 147 cm³/mol. The van der Waals surface area contributed by atoms with E-state index in [9.17, 15) is 4.79 Å². The van der Waals surface area contributed by atoms with Gasteiger partial charge in [-0.2, -0.15) is 0 Å². The summed E-state index contributed by atoms with van der Waals surface area (Å²) in [4.78, 5) is 20.6. The number of methoxy groups -OCH3 is 1. The number of benzene rings is 3. The quantitative estimate of drug-likeness (QED) is 0.186. The zero-order chi connectivity index (χ0) is 25.6. The van der Waals surface area contributed by atoms with Crippen LogP contribution in [0.2, 0.25) is 0 Å². The summed E-state index contributed by atoms with van der Waals surface area (Å²) in [6, 6.07) is 27.4. The molecule has 37 heavy (non-hydrogen) atoms. The number of aromatic amines is 1. The first kappa shape index (κ1) is 24.3. The van der Waals surface area contributed by atoms with Crippen molar-refractivity contribution in [3.63, 3.8) is 0 Å². The van der Waals surface area contributed by atoms with E-state index < -0.39 is 12.0 Å². The second-order valence-corrected chi connectivity index (χ2v) is 8.93. The molecule has 0 bridgehead atoms. The fourth-order valence-corrected chi connectivity index (χ4v) is 4.41. The van der Waals surface area contributed by atoms with E-state index in [1.165, 1.54) is 7.11 Å². The number of hydrogen-bond acceptors (Lipinski definition) is 5. The maximum Gasteiger partial charge on any atom is 0.360 e. The van der Waals surface area contributed by atoms with E-state index in [1.807, 2.05) is 91.1 Å². The highest BCUT2D eigenvalue weighted by Gasteiger charge is 2.28. The number of nitrogens with one attached hydrogen (secondary N) is 3. The minimum absolute atomic E-state index is 0.116. The van der Waals surface area contributed by atoms with Crippen LogP contribution in [0.25, 0.3) is 22.2 Å². The number of fused-ring (bicyclic) bond motifs is 1. The van der Waals surface area contributed by atoms with E-state index >= 15 is 0 Å². The molecule has 0 saturated heterocycles. The van der Waals surface area contributed by atoms with Gasteiger partial charge in [0, 0.05) is 35.6 Å². The molecule has 8 heteroatoms. The van der Waals surface area contributed by atoms with E-state index in [4.69, 9.17) is 21.4 Å². The number of aromatic nitrogens is 2. The van der Waals surface area contributed by atoms with Crippen LogP contribution in [0, 0.1) is 0 Å². The number of hydrogen-bond donors (Lipinski definition) is 3. The topological polar surface area (TPSA) is 92.2 Å². The largest absolute Gasteiger partial charge is 0.464 e. The summed E-state index contributed by atoms with van der Waals surface area (Å²) in [6.07, 6.45) is 2.36. The van der Waals surface area contributed by atoms with Gasteiger partial charge in [0.25, 0.3) is 0 Å². The highest BCUT2D eigenvalue weighted by molar-refractivity contribution is 7.80. The molecule has 3 aromatic carbocycles. The first-order chi connectivity index (χ1) is 18.1. The Hall–Kier alpha value is -4.43. The molecular formula is C29H26N4O3S. The number of esters is 1. The van der Waals surface area contributed by atoms with Crippen LogP contribution in [0.15, 0.2) is 95.5 Å². The summed E-state index contributed by atoms with van der Waals surface area (Å²) in [5.41, 5.74) is 3.95. The van der Waals surface area contributed by atoms with Gasteiger partial charge in [0.2, 0.25) is 5.89 Å². The first-order valence-corrected chi connectivity index (χ1v) is 12.3. The lowest BCUT2D eigenvalue weighted by Crippen LogP contribution is -2.38. The van der Waals surface area contributed by atoms with Crippen LogP contribution in [0.4, 0.5) is 0 Å². The van der Waals surface area contributed by atoms with E-state index in [2.05, 4.69) is 20.6 Å². The highest BCUT2D eigenvalue weighted by atomic mass is 32.1. The van der Waals surface area contributed by atoms with Crippen LogP contribution >= 0.6 is 12.2 Å². The van der Waals surface area contributed by atoms with Crippen molar-refractivity contribution >= 4 is 34.2 Å². The summed E-state index contributed by atoms with van der Waals surface area (Å²) >= 11 is 5.61. The second kappa shape index (κ2) is 11.1. The Morgan fingerprint density at radius 1 is 1.00 bits per heavy atom. The molecule has 5 aromatic rings. The molecular weight excluding hydrogens is 484 g/mol. The van der Waals surface area contributed by atoms with Crippen molar-refractivity contribution in [2.24, 2.45) is 0 Å². The van der Waals surface area contributed by atoms with Crippen molar-refractivity contribution in [1.29, 1.82) is 0 Å². The van der Waals surface area contributed by atoms with Crippen LogP contribution in [0.1, 0.15) is 33.5 Å². The number of thiocarbonyl (C=S) groups is 1. The van der Waals surface area contributed by atoms with Crippen LogP contribution in [-0.4, -0.2) is 28.2 Å². The number of ether oxygens (including phenoxy) is 1. The number of carbonyl (C=O) groups excluding carboxylic acids is 1. The molecule has 0 aliphatic rings. The van der Waals surface area contributed by atoms with Crippen molar-refractivity contribution in [2.45, 2.75) is 19.0 Å². The van der Waals surface area contributed by atoms with E-state index in [0.29, 0.717) is 29.7 Å². The van der Waals surface area contributed by atoms with E-state index in [1.54, 1.807) is 0 Å². The third-order valence-electron chi connectivity index (χ3n) is 6.04. The molecule has 2 heterocycles. The Morgan fingerprint density at radius 2 is 1.68 bits per heavy atom. The van der Waals surface area contributed by atoms with Crippen molar-refractivity contribution < 1.29 is 13.9 Å². The maximum absolute atomic E-state index is 12.7. The third-order valence-corrected chi connectivity index (χ3v) is 6.30. The Bertz CT molecular complexity index is 1510. The Labute approximate surface area is 219 Å². The fourth-order valence-electron chi connectivity index (χ4n) is 4.20. The number of para-hydroxylation sites is 1. The highest BCUT2D eigenvalue weighted by Crippen LogP contribution is 2.34. The fraction of sp³-hybridized carbons (Fsp3) is 0.138. The number of H-pyrrole nitrogens is 1. The van der Waals surface area contributed by atoms with Gasteiger partial charge in [0.05, 0.1) is 7.11 Å². The van der Waals surface area contributed by atoms with Gasteiger partial charge in [0.1, 0.15) is 6.04 Å². The lowest BCUT2D eigenvalue weighted by atomic mass is 10.1. The number of oxazole rings is 1. The molecule has 0 aliphatic heterocycles. The monoisotopic (exact) mass is 510 g/mol. The minimum Gasteiger partial charge on any atom is -0.464 e. The van der Waals surface area contributed by atoms with Crippen molar-refractivity contribution in [2.75, 3.05) is 7.11 Å². The van der Waals surface area contributed by atoms with E-state index in [-0.39, 0.29) is 5.69 Å². The van der Waals surface area contributed by atoms with Gasteiger partial charge in [-0.15, -0.1) is 0 Å². The molecule has 0 radical (unpaired) electrons. The molecule has 0 unspecified atom stereocenters. The van der Waals surface area contributed by atoms with Crippen molar-refractivity contribution in [1.82, 2.24) is 20.6 Å². The lowest BCUT2D eigenvalue weighted by molar-refractivity contribution is 0.0595. The third kappa shape index (κ3) is 5.54. The van der Waals surface area contributed by atoms with E-state index in [0.717, 1.165) is 27.6 Å². The zero-order valence-corrected chi connectivity index (χ0v) is 21.0. The SMILES string of the molecule is COC(=O)c1nc([C@H](Cc2ccccc2)NC(=S)NCc2ccccc2)oc1-c1c[nH]c2ccccc12. The van der Waals surface area contributed by atoms with Crippen LogP contribution in [0.3, 0.4) is 0 Å². The summed E-state index contributed by atoms with van der Waals surface area (Å²) in [6.45, 7) is 0.574. The zero-order valence-electron chi connectivity index (χ0n) is 20.2. The molecule has 0 amide bonds. The van der Waals surface area contributed by atoms with Crippen LogP contribution in [-0.2, 0) is 17.7 Å². The number of nitrogens with zero attached hydrogens (tertiary/aromatic N) is 1. The maximum atomic E-state index is 12.7. The molecule has 0 spiro atoms. The number of carbonyl (C=O) groups is 1. The van der Waals surface area contributed by atoms with Gasteiger partial charge in [-0.1, -0.05) is 78.9 Å². The summed E-state index contributed by atoms with van der Waals surface area (Å²) in [7, 11) is 1.33. The Kier molecular flexibility index (Phi) is 7.28. The Balaban J connectivity index is 1.48. The normalized spacial score (nSPS) is 11.7. The molecule has 186 valence electrons. The molecule has 0 aliphatic carbocycles. The molecule has 0 fully saturated rings. The second-order valence-electron chi connectivity index (χ2n) is 8.52. The standard InChI is InChI=1S/C29H26N4O3S/c1-35-28(34)25-26(22-18-30-23-15-9-8-14-21(22)23)36-27(33-25)24(16-19-10-4-2-5-11-19)32-29(37)31-17-20-12-6-3-7-13-20/h2-15,18,24,30H,16-17H2,1H3,(H2,31,32,37)/t24-/m0/s1. The molecule has 5 rings (SSSR count). The average Bonchev–Trinajstić information content (AvgIpc) is 3.57. The minimum atomic E-state index is -0.571. The van der Waals surface area contributed by atoms with Gasteiger partial charge >= 0.3 is 5.97 Å². The molecule has 1 atom stereocenters. The molecule has 7 nitrogen and oxygen atoms in total. The summed E-state index contributed by atoms with van der Waals surface area (Å²) < 4.78 is 11.3. The van der Waals surface area contributed by atoms with Gasteiger partial charge in [-0.25, -0.2) is 9.78 Å². The summed E-state index contributed by atoms with van der Waals surface area (Å²) in [5.74, 6) is 0.120. The smallest absolute Gasteiger partial charge is 0.360 e. The Morgan fingerprint density at radius 3 is 2.41 bits per heavy atom. The molecule has 2 aromatic heterocycles. The van der Waals surface area contributed by atoms with Gasteiger partial charge in [0.15, 0.2) is 16.6 Å². The van der Waals surface area contributed by atoms with Crippen LogP contribution in [0.5, 0.6) is 0 Å². The van der Waals surface area contributed by atoms with Crippen LogP contribution < -0.4 is 10.6 Å². The van der Waals surface area contributed by atoms with Gasteiger partial charge < -0.3 is 24.8 Å². The number of rotatable bonds is 8. The van der Waals surface area contributed by atoms with Crippen molar-refractivity contribution in [3.05, 3.63) is 114 Å². The lowest BCUT2D eigenvalue weighted by Gasteiger charge is -2.18. The summed E-state index contributed by atoms with van der Waals surface area (Å²) in [5, 5.41) is 7.96. The van der Waals surface area contributed by atoms with Gasteiger partial charge in [-0.3, -0.25) is 0 Å². The van der Waals surface area contributed by atoms with Crippen molar-refractivity contribution in [3.8, 4) is 11.3 Å². The molecule has 3 N–H and O–H groups in total. The first-order valence-electron chi connectivity index (χ1n) is 11.9. The van der Waals surface area contributed by atoms with Gasteiger partial charge in [-0.05, 0) is 29.4 Å².